The minimum absolute atomic E-state index is 0.519. The maximum atomic E-state index is 5.71. The molecule has 0 amide bonds. The lowest BCUT2D eigenvalue weighted by molar-refractivity contribution is 0.413. The molecule has 3 N–H and O–H groups in total. The fourth-order valence-corrected chi connectivity index (χ4v) is 1.49. The molecular formula is C12H21N3. The molecule has 84 valence electrons. The number of pyridine rings is 1. The second-order valence-corrected chi connectivity index (χ2v) is 4.37. The van der Waals surface area contributed by atoms with Crippen LogP contribution in [0.1, 0.15) is 19.4 Å². The number of aromatic nitrogens is 1. The van der Waals surface area contributed by atoms with Gasteiger partial charge in [-0.15, -0.1) is 0 Å². The third-order valence-electron chi connectivity index (χ3n) is 2.69. The maximum absolute atomic E-state index is 5.71. The number of anilines is 1. The van der Waals surface area contributed by atoms with Crippen molar-refractivity contribution in [2.24, 2.45) is 17.6 Å². The van der Waals surface area contributed by atoms with Crippen LogP contribution < -0.4 is 11.1 Å². The topological polar surface area (TPSA) is 50.9 Å². The number of nitrogens with two attached hydrogens (primary N) is 1. The molecule has 0 spiro atoms. The van der Waals surface area contributed by atoms with Gasteiger partial charge in [0.2, 0.25) is 0 Å². The lowest BCUT2D eigenvalue weighted by atomic mass is 9.96. The number of rotatable bonds is 5. The highest BCUT2D eigenvalue weighted by molar-refractivity contribution is 5.42. The molecular weight excluding hydrogens is 186 g/mol. The molecule has 1 unspecified atom stereocenters. The molecule has 1 heterocycles. The zero-order valence-electron chi connectivity index (χ0n) is 9.83. The molecule has 15 heavy (non-hydrogen) atoms. The Balaban J connectivity index is 2.49. The number of nitrogens with zero attached hydrogens (tertiary/aromatic N) is 1. The van der Waals surface area contributed by atoms with Crippen LogP contribution in [0.15, 0.2) is 18.5 Å². The van der Waals surface area contributed by atoms with Crippen LogP contribution in [-0.4, -0.2) is 18.1 Å². The Morgan fingerprint density at radius 3 is 2.67 bits per heavy atom. The summed E-state index contributed by atoms with van der Waals surface area (Å²) in [5.41, 5.74) is 7.96. The summed E-state index contributed by atoms with van der Waals surface area (Å²) in [6.45, 7) is 8.09. The van der Waals surface area contributed by atoms with E-state index in [0.717, 1.165) is 18.8 Å². The highest BCUT2D eigenvalue weighted by atomic mass is 14.9. The Morgan fingerprint density at radius 2 is 2.13 bits per heavy atom. The Hall–Kier alpha value is -1.09. The van der Waals surface area contributed by atoms with Gasteiger partial charge in [-0.1, -0.05) is 13.8 Å². The van der Waals surface area contributed by atoms with Crippen molar-refractivity contribution in [3.05, 3.63) is 24.0 Å². The predicted molar refractivity (Wildman–Crippen MR) is 64.8 cm³/mol. The van der Waals surface area contributed by atoms with Crippen molar-refractivity contribution in [3.8, 4) is 0 Å². The SMILES string of the molecule is Cc1cncc(NCC(CN)C(C)C)c1. The van der Waals surface area contributed by atoms with E-state index in [4.69, 9.17) is 5.73 Å². The van der Waals surface area contributed by atoms with Gasteiger partial charge in [0.15, 0.2) is 0 Å². The molecule has 1 atom stereocenters. The molecule has 1 aromatic rings. The minimum atomic E-state index is 0.519. The van der Waals surface area contributed by atoms with Gasteiger partial charge >= 0.3 is 0 Å². The number of nitrogens with one attached hydrogen (secondary N) is 1. The molecule has 3 nitrogen and oxygen atoms in total. The van der Waals surface area contributed by atoms with E-state index in [-0.39, 0.29) is 0 Å². The Morgan fingerprint density at radius 1 is 1.40 bits per heavy atom. The van der Waals surface area contributed by atoms with E-state index >= 15 is 0 Å². The van der Waals surface area contributed by atoms with E-state index in [9.17, 15) is 0 Å². The van der Waals surface area contributed by atoms with Crippen LogP contribution in [0.25, 0.3) is 0 Å². The summed E-state index contributed by atoms with van der Waals surface area (Å²) in [5.74, 6) is 1.13. The minimum Gasteiger partial charge on any atom is -0.383 e. The van der Waals surface area contributed by atoms with E-state index in [1.165, 1.54) is 5.56 Å². The molecule has 0 aliphatic rings. The summed E-state index contributed by atoms with van der Waals surface area (Å²) < 4.78 is 0. The second kappa shape index (κ2) is 5.71. The molecule has 0 saturated heterocycles. The number of hydrogen-bond acceptors (Lipinski definition) is 3. The molecule has 0 aliphatic carbocycles. The van der Waals surface area contributed by atoms with E-state index < -0.39 is 0 Å². The van der Waals surface area contributed by atoms with Crippen molar-refractivity contribution in [1.29, 1.82) is 0 Å². The van der Waals surface area contributed by atoms with Crippen LogP contribution in [0, 0.1) is 18.8 Å². The van der Waals surface area contributed by atoms with Crippen LogP contribution in [0.4, 0.5) is 5.69 Å². The van der Waals surface area contributed by atoms with Gasteiger partial charge in [-0.25, -0.2) is 0 Å². The standard InChI is InChI=1S/C12H21N3/c1-9(2)11(5-13)7-15-12-4-10(3)6-14-8-12/h4,6,8-9,11,15H,5,7,13H2,1-3H3. The van der Waals surface area contributed by atoms with E-state index in [1.807, 2.05) is 19.3 Å². The summed E-state index contributed by atoms with van der Waals surface area (Å²) in [4.78, 5) is 4.14. The number of hydrogen-bond donors (Lipinski definition) is 2. The van der Waals surface area contributed by atoms with Crippen molar-refractivity contribution in [3.63, 3.8) is 0 Å². The molecule has 0 fully saturated rings. The van der Waals surface area contributed by atoms with Gasteiger partial charge in [0.25, 0.3) is 0 Å². The average Bonchev–Trinajstić information content (AvgIpc) is 2.18. The first-order valence-corrected chi connectivity index (χ1v) is 5.49. The zero-order chi connectivity index (χ0) is 11.3. The molecule has 0 aromatic carbocycles. The first-order valence-electron chi connectivity index (χ1n) is 5.49. The van der Waals surface area contributed by atoms with Crippen molar-refractivity contribution in [2.45, 2.75) is 20.8 Å². The second-order valence-electron chi connectivity index (χ2n) is 4.37. The lowest BCUT2D eigenvalue weighted by Crippen LogP contribution is -2.27. The van der Waals surface area contributed by atoms with Gasteiger partial charge in [0, 0.05) is 18.9 Å². The summed E-state index contributed by atoms with van der Waals surface area (Å²) in [5, 5.41) is 3.38. The zero-order valence-corrected chi connectivity index (χ0v) is 9.83. The van der Waals surface area contributed by atoms with Gasteiger partial charge in [0.1, 0.15) is 0 Å². The molecule has 0 radical (unpaired) electrons. The first-order chi connectivity index (χ1) is 7.13. The monoisotopic (exact) mass is 207 g/mol. The molecule has 1 aromatic heterocycles. The quantitative estimate of drug-likeness (QED) is 0.776. The largest absolute Gasteiger partial charge is 0.383 e. The van der Waals surface area contributed by atoms with Crippen LogP contribution in [-0.2, 0) is 0 Å². The van der Waals surface area contributed by atoms with Crippen molar-refractivity contribution in [2.75, 3.05) is 18.4 Å². The fourth-order valence-electron chi connectivity index (χ4n) is 1.49. The third-order valence-corrected chi connectivity index (χ3v) is 2.69. The number of aryl methyl sites for hydroxylation is 1. The molecule has 3 heteroatoms. The van der Waals surface area contributed by atoms with Crippen LogP contribution >= 0.6 is 0 Å². The van der Waals surface area contributed by atoms with Crippen LogP contribution in [0.5, 0.6) is 0 Å². The first kappa shape index (κ1) is 12.0. The van der Waals surface area contributed by atoms with E-state index in [1.54, 1.807) is 0 Å². The van der Waals surface area contributed by atoms with E-state index in [2.05, 4.69) is 30.2 Å². The van der Waals surface area contributed by atoms with Crippen LogP contribution in [0.3, 0.4) is 0 Å². The van der Waals surface area contributed by atoms with Gasteiger partial charge in [0.05, 0.1) is 5.69 Å². The summed E-state index contributed by atoms with van der Waals surface area (Å²) >= 11 is 0. The Bertz CT molecular complexity index is 297. The van der Waals surface area contributed by atoms with Crippen molar-refractivity contribution < 1.29 is 0 Å². The highest BCUT2D eigenvalue weighted by Crippen LogP contribution is 2.12. The van der Waals surface area contributed by atoms with E-state index in [0.29, 0.717) is 11.8 Å². The van der Waals surface area contributed by atoms with Gasteiger partial charge in [-0.2, -0.15) is 0 Å². The Kier molecular flexibility index (Phi) is 4.56. The fraction of sp³-hybridized carbons (Fsp3) is 0.583. The molecule has 0 saturated carbocycles. The van der Waals surface area contributed by atoms with Crippen molar-refractivity contribution in [1.82, 2.24) is 4.98 Å². The molecule has 0 aliphatic heterocycles. The van der Waals surface area contributed by atoms with Gasteiger partial charge in [-0.3, -0.25) is 4.98 Å². The Labute approximate surface area is 92.1 Å². The molecule has 0 bridgehead atoms. The van der Waals surface area contributed by atoms with Crippen LogP contribution in [0.2, 0.25) is 0 Å². The predicted octanol–water partition coefficient (Wildman–Crippen LogP) is 2.03. The van der Waals surface area contributed by atoms with Gasteiger partial charge in [-0.05, 0) is 36.9 Å². The normalized spacial score (nSPS) is 12.9. The molecule has 1 rings (SSSR count). The maximum Gasteiger partial charge on any atom is 0.0529 e. The summed E-state index contributed by atoms with van der Waals surface area (Å²) in [7, 11) is 0. The highest BCUT2D eigenvalue weighted by Gasteiger charge is 2.10. The smallest absolute Gasteiger partial charge is 0.0529 e. The average molecular weight is 207 g/mol. The summed E-state index contributed by atoms with van der Waals surface area (Å²) in [6.07, 6.45) is 3.70. The summed E-state index contributed by atoms with van der Waals surface area (Å²) in [6, 6.07) is 2.10. The third kappa shape index (κ3) is 3.88. The van der Waals surface area contributed by atoms with Gasteiger partial charge < -0.3 is 11.1 Å². The lowest BCUT2D eigenvalue weighted by Gasteiger charge is -2.19. The van der Waals surface area contributed by atoms with Crippen molar-refractivity contribution >= 4 is 5.69 Å².